The van der Waals surface area contributed by atoms with Crippen molar-refractivity contribution in [1.29, 1.82) is 0 Å². The number of rotatable bonds is 1. The molecule has 1 atom stereocenters. The van der Waals surface area contributed by atoms with Crippen LogP contribution in [0, 0.1) is 13.8 Å². The van der Waals surface area contributed by atoms with E-state index in [0.29, 0.717) is 0 Å². The van der Waals surface area contributed by atoms with E-state index in [0.717, 1.165) is 28.6 Å². The van der Waals surface area contributed by atoms with E-state index < -0.39 is 0 Å². The highest BCUT2D eigenvalue weighted by Crippen LogP contribution is 2.37. The Kier molecular flexibility index (Phi) is 3.11. The van der Waals surface area contributed by atoms with E-state index >= 15 is 0 Å². The lowest BCUT2D eigenvalue weighted by atomic mass is 10.0. The molecule has 1 N–H and O–H groups in total. The minimum Gasteiger partial charge on any atom is -0.481 e. The standard InChI is InChI=1S/C16H16ClNO/c1-10-7-11(2)16-14(8-10)18-9-15(19-16)12-3-5-13(17)6-4-12/h3-8,15,18H,9H2,1-2H3. The fourth-order valence-corrected chi connectivity index (χ4v) is 2.62. The van der Waals surface area contributed by atoms with Crippen LogP contribution >= 0.6 is 11.6 Å². The summed E-state index contributed by atoms with van der Waals surface area (Å²) in [5.74, 6) is 0.955. The van der Waals surface area contributed by atoms with Crippen molar-refractivity contribution < 1.29 is 4.74 Å². The maximum absolute atomic E-state index is 6.14. The normalized spacial score (nSPS) is 17.3. The highest BCUT2D eigenvalue weighted by Gasteiger charge is 2.22. The molecule has 2 aromatic carbocycles. The first-order valence-electron chi connectivity index (χ1n) is 6.41. The van der Waals surface area contributed by atoms with Crippen LogP contribution in [0.3, 0.4) is 0 Å². The Hall–Kier alpha value is -1.67. The van der Waals surface area contributed by atoms with Gasteiger partial charge in [-0.05, 0) is 48.7 Å². The van der Waals surface area contributed by atoms with Crippen molar-refractivity contribution in [3.63, 3.8) is 0 Å². The SMILES string of the molecule is Cc1cc(C)c2c(c1)NCC(c1ccc(Cl)cc1)O2. The van der Waals surface area contributed by atoms with Crippen molar-refractivity contribution in [2.45, 2.75) is 20.0 Å². The molecule has 0 aliphatic carbocycles. The number of anilines is 1. The van der Waals surface area contributed by atoms with Gasteiger partial charge in [0.15, 0.2) is 0 Å². The molecule has 3 rings (SSSR count). The monoisotopic (exact) mass is 273 g/mol. The van der Waals surface area contributed by atoms with Gasteiger partial charge in [0.05, 0.1) is 12.2 Å². The highest BCUT2D eigenvalue weighted by atomic mass is 35.5. The molecular formula is C16H16ClNO. The molecule has 2 nitrogen and oxygen atoms in total. The van der Waals surface area contributed by atoms with Gasteiger partial charge in [-0.3, -0.25) is 0 Å². The van der Waals surface area contributed by atoms with Gasteiger partial charge in [-0.1, -0.05) is 29.8 Å². The predicted molar refractivity (Wildman–Crippen MR) is 79.2 cm³/mol. The first-order chi connectivity index (χ1) is 9.13. The van der Waals surface area contributed by atoms with Crippen LogP contribution in [0.15, 0.2) is 36.4 Å². The van der Waals surface area contributed by atoms with Crippen LogP contribution in [0.5, 0.6) is 5.75 Å². The van der Waals surface area contributed by atoms with Crippen LogP contribution < -0.4 is 10.1 Å². The van der Waals surface area contributed by atoms with E-state index in [1.807, 2.05) is 24.3 Å². The number of hydrogen-bond acceptors (Lipinski definition) is 2. The number of halogens is 1. The fourth-order valence-electron chi connectivity index (χ4n) is 2.49. The molecule has 2 aromatic rings. The Morgan fingerprint density at radius 1 is 1.16 bits per heavy atom. The quantitative estimate of drug-likeness (QED) is 0.826. The lowest BCUT2D eigenvalue weighted by Gasteiger charge is -2.29. The van der Waals surface area contributed by atoms with Crippen LogP contribution in [0.25, 0.3) is 0 Å². The first-order valence-corrected chi connectivity index (χ1v) is 6.78. The second-order valence-electron chi connectivity index (χ2n) is 5.00. The minimum atomic E-state index is 0.0335. The van der Waals surface area contributed by atoms with Gasteiger partial charge in [0.2, 0.25) is 0 Å². The largest absolute Gasteiger partial charge is 0.481 e. The molecule has 1 aliphatic rings. The zero-order valence-corrected chi connectivity index (χ0v) is 11.8. The summed E-state index contributed by atoms with van der Waals surface area (Å²) in [4.78, 5) is 0. The third kappa shape index (κ3) is 2.41. The van der Waals surface area contributed by atoms with Crippen molar-refractivity contribution in [3.8, 4) is 5.75 Å². The maximum Gasteiger partial charge on any atom is 0.146 e. The van der Waals surface area contributed by atoms with E-state index in [4.69, 9.17) is 16.3 Å². The lowest BCUT2D eigenvalue weighted by Crippen LogP contribution is -2.24. The summed E-state index contributed by atoms with van der Waals surface area (Å²) < 4.78 is 6.14. The molecule has 0 fully saturated rings. The summed E-state index contributed by atoms with van der Waals surface area (Å²) in [6.45, 7) is 4.95. The number of nitrogens with one attached hydrogen (secondary N) is 1. The summed E-state index contributed by atoms with van der Waals surface area (Å²) in [5, 5.41) is 4.20. The van der Waals surface area contributed by atoms with E-state index in [1.54, 1.807) is 0 Å². The number of fused-ring (bicyclic) bond motifs is 1. The van der Waals surface area contributed by atoms with Gasteiger partial charge in [-0.15, -0.1) is 0 Å². The molecule has 0 saturated heterocycles. The van der Waals surface area contributed by atoms with Crippen molar-refractivity contribution in [3.05, 3.63) is 58.1 Å². The summed E-state index contributed by atoms with van der Waals surface area (Å²) in [6, 6.07) is 12.1. The van der Waals surface area contributed by atoms with E-state index in [2.05, 4.69) is 31.3 Å². The molecule has 1 heterocycles. The number of aryl methyl sites for hydroxylation is 2. The summed E-state index contributed by atoms with van der Waals surface area (Å²) >= 11 is 5.92. The molecule has 0 spiro atoms. The zero-order chi connectivity index (χ0) is 13.4. The topological polar surface area (TPSA) is 21.3 Å². The van der Waals surface area contributed by atoms with Gasteiger partial charge in [-0.2, -0.15) is 0 Å². The summed E-state index contributed by atoms with van der Waals surface area (Å²) in [6.07, 6.45) is 0.0335. The smallest absolute Gasteiger partial charge is 0.146 e. The number of benzene rings is 2. The molecule has 0 radical (unpaired) electrons. The molecule has 3 heteroatoms. The van der Waals surface area contributed by atoms with Gasteiger partial charge in [0, 0.05) is 5.02 Å². The molecule has 1 unspecified atom stereocenters. The van der Waals surface area contributed by atoms with Gasteiger partial charge < -0.3 is 10.1 Å². The van der Waals surface area contributed by atoms with E-state index in [-0.39, 0.29) is 6.10 Å². The Labute approximate surface area is 118 Å². The van der Waals surface area contributed by atoms with Crippen LogP contribution in [-0.2, 0) is 0 Å². The molecule has 0 saturated carbocycles. The van der Waals surface area contributed by atoms with E-state index in [9.17, 15) is 0 Å². The van der Waals surface area contributed by atoms with Crippen LogP contribution in [0.4, 0.5) is 5.69 Å². The Morgan fingerprint density at radius 3 is 2.63 bits per heavy atom. The fraction of sp³-hybridized carbons (Fsp3) is 0.250. The Bertz CT molecular complexity index is 607. The van der Waals surface area contributed by atoms with Crippen molar-refractivity contribution >= 4 is 17.3 Å². The minimum absolute atomic E-state index is 0.0335. The lowest BCUT2D eigenvalue weighted by molar-refractivity contribution is 0.209. The van der Waals surface area contributed by atoms with Gasteiger partial charge >= 0.3 is 0 Å². The number of hydrogen-bond donors (Lipinski definition) is 1. The van der Waals surface area contributed by atoms with Gasteiger partial charge in [-0.25, -0.2) is 0 Å². The molecule has 98 valence electrons. The zero-order valence-electron chi connectivity index (χ0n) is 11.0. The van der Waals surface area contributed by atoms with Gasteiger partial charge in [0.25, 0.3) is 0 Å². The Balaban J connectivity index is 1.92. The molecule has 0 amide bonds. The highest BCUT2D eigenvalue weighted by molar-refractivity contribution is 6.30. The summed E-state index contributed by atoms with van der Waals surface area (Å²) in [5.41, 5.74) is 4.64. The average Bonchev–Trinajstić information content (AvgIpc) is 2.39. The third-order valence-electron chi connectivity index (χ3n) is 3.40. The Morgan fingerprint density at radius 2 is 1.89 bits per heavy atom. The van der Waals surface area contributed by atoms with Gasteiger partial charge in [0.1, 0.15) is 11.9 Å². The molecule has 1 aliphatic heterocycles. The third-order valence-corrected chi connectivity index (χ3v) is 3.65. The average molecular weight is 274 g/mol. The van der Waals surface area contributed by atoms with Crippen LogP contribution in [-0.4, -0.2) is 6.54 Å². The molecule has 19 heavy (non-hydrogen) atoms. The van der Waals surface area contributed by atoms with Crippen molar-refractivity contribution in [1.82, 2.24) is 0 Å². The second kappa shape index (κ2) is 4.78. The van der Waals surface area contributed by atoms with E-state index in [1.165, 1.54) is 11.1 Å². The second-order valence-corrected chi connectivity index (χ2v) is 5.43. The van der Waals surface area contributed by atoms with Crippen LogP contribution in [0.2, 0.25) is 5.02 Å². The van der Waals surface area contributed by atoms with Crippen molar-refractivity contribution in [2.24, 2.45) is 0 Å². The molecule has 0 aromatic heterocycles. The predicted octanol–water partition coefficient (Wildman–Crippen LogP) is 4.50. The summed E-state index contributed by atoms with van der Waals surface area (Å²) in [7, 11) is 0. The maximum atomic E-state index is 6.14. The van der Waals surface area contributed by atoms with Crippen LogP contribution in [0.1, 0.15) is 22.8 Å². The first kappa shape index (κ1) is 12.4. The van der Waals surface area contributed by atoms with Crippen molar-refractivity contribution in [2.75, 3.05) is 11.9 Å². The molecular weight excluding hydrogens is 258 g/mol. The number of ether oxygens (including phenoxy) is 1. The molecule has 0 bridgehead atoms.